The number of rotatable bonds is 10. The zero-order valence-corrected chi connectivity index (χ0v) is 33.1. The maximum atomic E-state index is 14.4. The van der Waals surface area contributed by atoms with Crippen LogP contribution in [-0.2, 0) is 16.1 Å². The molecule has 6 rings (SSSR count). The monoisotopic (exact) mass is 714 g/mol. The Balaban J connectivity index is 1.27. The molecule has 0 aromatic heterocycles. The van der Waals surface area contributed by atoms with Gasteiger partial charge in [-0.05, 0) is 119 Å². The second kappa shape index (κ2) is 17.5. The minimum atomic E-state index is -0.236. The molecule has 2 aliphatic carbocycles. The fraction of sp³-hybridized carbons (Fsp3) is 0.682. The van der Waals surface area contributed by atoms with Crippen molar-refractivity contribution in [2.45, 2.75) is 123 Å². The molecule has 2 saturated carbocycles. The van der Waals surface area contributed by atoms with Crippen LogP contribution in [0.25, 0.3) is 11.1 Å². The van der Waals surface area contributed by atoms with Crippen molar-refractivity contribution < 1.29 is 14.3 Å². The number of nitrogens with zero attached hydrogens (tertiary/aromatic N) is 3. The van der Waals surface area contributed by atoms with Crippen LogP contribution in [0.15, 0.2) is 36.4 Å². The fourth-order valence-electron chi connectivity index (χ4n) is 10.2. The molecule has 8 heteroatoms. The number of anilines is 1. The van der Waals surface area contributed by atoms with Gasteiger partial charge in [-0.1, -0.05) is 63.3 Å². The molecule has 3 unspecified atom stereocenters. The van der Waals surface area contributed by atoms with Gasteiger partial charge in [0.05, 0.1) is 19.1 Å². The van der Waals surface area contributed by atoms with E-state index in [2.05, 4.69) is 104 Å². The highest BCUT2D eigenvalue weighted by atomic mass is 16.5. The van der Waals surface area contributed by atoms with E-state index in [0.29, 0.717) is 24.2 Å². The number of morpholine rings is 1. The molecule has 0 radical (unpaired) electrons. The second-order valence-electron chi connectivity index (χ2n) is 16.8. The van der Waals surface area contributed by atoms with Gasteiger partial charge in [0, 0.05) is 62.1 Å². The molecule has 2 saturated heterocycles. The van der Waals surface area contributed by atoms with Crippen LogP contribution in [0.1, 0.15) is 113 Å². The van der Waals surface area contributed by atoms with Gasteiger partial charge in [0.2, 0.25) is 5.91 Å². The van der Waals surface area contributed by atoms with Gasteiger partial charge in [-0.25, -0.2) is 0 Å². The van der Waals surface area contributed by atoms with E-state index in [0.717, 1.165) is 87.5 Å². The molecule has 1 spiro atoms. The standard InChI is InChI=1S/C44H67N5O3/c1-7-49(38-19-17-37(18-20-38)47(5)6)41-28-36(35-15-13-34(14-16-35)30-48-23-25-52-26-24-48)27-39(31(41)2)42(50)45-29-40-32(3)44(33(4)46-43(40)51)21-11-9-8-10-12-22-44/h13-16,27-28,32-33,37-38,40H,7-12,17-26,29-30H2,1-6H3,(H,45,50)(H,46,51)/t32?,33?,37-,38-,40?. The molecule has 3 atom stereocenters. The van der Waals surface area contributed by atoms with Gasteiger partial charge in [0.25, 0.3) is 5.91 Å². The number of hydrogen-bond acceptors (Lipinski definition) is 6. The summed E-state index contributed by atoms with van der Waals surface area (Å²) in [6, 6.07) is 14.5. The lowest BCUT2D eigenvalue weighted by Gasteiger charge is -2.52. The molecule has 4 aliphatic rings. The van der Waals surface area contributed by atoms with Gasteiger partial charge in [-0.15, -0.1) is 0 Å². The van der Waals surface area contributed by atoms with Crippen molar-refractivity contribution in [3.8, 4) is 11.1 Å². The van der Waals surface area contributed by atoms with E-state index in [1.54, 1.807) is 0 Å². The molecule has 2 N–H and O–H groups in total. The Hall–Kier alpha value is -2.94. The topological polar surface area (TPSA) is 77.1 Å². The Morgan fingerprint density at radius 3 is 2.19 bits per heavy atom. The maximum absolute atomic E-state index is 14.4. The molecule has 2 aromatic carbocycles. The lowest BCUT2D eigenvalue weighted by Crippen LogP contribution is -2.61. The summed E-state index contributed by atoms with van der Waals surface area (Å²) in [7, 11) is 4.40. The Labute approximate surface area is 314 Å². The van der Waals surface area contributed by atoms with Crippen molar-refractivity contribution in [1.82, 2.24) is 20.4 Å². The smallest absolute Gasteiger partial charge is 0.251 e. The number of nitrogens with one attached hydrogen (secondary N) is 2. The first kappa shape index (κ1) is 38.8. The van der Waals surface area contributed by atoms with E-state index in [-0.39, 0.29) is 35.1 Å². The maximum Gasteiger partial charge on any atom is 0.251 e. The predicted molar refractivity (Wildman–Crippen MR) is 213 cm³/mol. The second-order valence-corrected chi connectivity index (χ2v) is 16.8. The van der Waals surface area contributed by atoms with E-state index < -0.39 is 0 Å². The van der Waals surface area contributed by atoms with Crippen LogP contribution >= 0.6 is 0 Å². The van der Waals surface area contributed by atoms with Gasteiger partial charge < -0.3 is 25.2 Å². The average Bonchev–Trinajstić information content (AvgIpc) is 3.13. The first-order valence-electron chi connectivity index (χ1n) is 20.7. The van der Waals surface area contributed by atoms with Crippen molar-refractivity contribution in [1.29, 1.82) is 0 Å². The van der Waals surface area contributed by atoms with E-state index in [1.807, 2.05) is 0 Å². The molecular weight excluding hydrogens is 647 g/mol. The third-order valence-corrected chi connectivity index (χ3v) is 13.7. The number of ether oxygens (including phenoxy) is 1. The van der Waals surface area contributed by atoms with Crippen LogP contribution in [0.4, 0.5) is 5.69 Å². The Morgan fingerprint density at radius 2 is 1.56 bits per heavy atom. The highest BCUT2D eigenvalue weighted by Gasteiger charge is 2.50. The average molecular weight is 714 g/mol. The molecule has 2 heterocycles. The highest BCUT2D eigenvalue weighted by molar-refractivity contribution is 5.99. The minimum Gasteiger partial charge on any atom is -0.379 e. The van der Waals surface area contributed by atoms with Gasteiger partial charge >= 0.3 is 0 Å². The highest BCUT2D eigenvalue weighted by Crippen LogP contribution is 2.49. The number of hydrogen-bond donors (Lipinski definition) is 2. The summed E-state index contributed by atoms with van der Waals surface area (Å²) in [6.07, 6.45) is 13.3. The number of carbonyl (C=O) groups excluding carboxylic acids is 2. The summed E-state index contributed by atoms with van der Waals surface area (Å²) in [5.41, 5.74) is 6.45. The van der Waals surface area contributed by atoms with Crippen LogP contribution in [-0.4, -0.2) is 93.2 Å². The summed E-state index contributed by atoms with van der Waals surface area (Å²) < 4.78 is 5.55. The van der Waals surface area contributed by atoms with E-state index in [9.17, 15) is 9.59 Å². The van der Waals surface area contributed by atoms with Crippen molar-refractivity contribution >= 4 is 17.5 Å². The Bertz CT molecular complexity index is 1490. The molecule has 2 amide bonds. The summed E-state index contributed by atoms with van der Waals surface area (Å²) in [5.74, 6) is -0.0221. The third kappa shape index (κ3) is 8.55. The summed E-state index contributed by atoms with van der Waals surface area (Å²) in [6.45, 7) is 14.6. The van der Waals surface area contributed by atoms with Gasteiger partial charge in [-0.3, -0.25) is 14.5 Å². The molecule has 8 nitrogen and oxygen atoms in total. The molecule has 286 valence electrons. The van der Waals surface area contributed by atoms with Crippen molar-refractivity contribution in [2.75, 3.05) is 58.4 Å². The van der Waals surface area contributed by atoms with Crippen LogP contribution in [0.5, 0.6) is 0 Å². The van der Waals surface area contributed by atoms with Crippen LogP contribution in [0, 0.1) is 24.2 Å². The van der Waals surface area contributed by atoms with Crippen LogP contribution < -0.4 is 15.5 Å². The normalized spacial score (nSPS) is 27.1. The molecular formula is C44H67N5O3. The van der Waals surface area contributed by atoms with Crippen LogP contribution in [0.2, 0.25) is 0 Å². The summed E-state index contributed by atoms with van der Waals surface area (Å²) in [5, 5.41) is 6.68. The van der Waals surface area contributed by atoms with Gasteiger partial charge in [0.15, 0.2) is 0 Å². The molecule has 2 aromatic rings. The number of amides is 2. The molecule has 4 fully saturated rings. The number of carbonyl (C=O) groups is 2. The number of benzene rings is 2. The fourth-order valence-corrected chi connectivity index (χ4v) is 10.2. The van der Waals surface area contributed by atoms with Gasteiger partial charge in [-0.2, -0.15) is 0 Å². The lowest BCUT2D eigenvalue weighted by molar-refractivity contribution is -0.137. The minimum absolute atomic E-state index is 0.0813. The Kier molecular flexibility index (Phi) is 13.0. The first-order chi connectivity index (χ1) is 25.1. The van der Waals surface area contributed by atoms with E-state index in [1.165, 1.54) is 50.5 Å². The zero-order chi connectivity index (χ0) is 36.8. The van der Waals surface area contributed by atoms with Crippen LogP contribution in [0.3, 0.4) is 0 Å². The third-order valence-electron chi connectivity index (χ3n) is 13.7. The zero-order valence-electron chi connectivity index (χ0n) is 33.1. The molecule has 0 bridgehead atoms. The Morgan fingerprint density at radius 1 is 0.923 bits per heavy atom. The molecule has 2 aliphatic heterocycles. The number of piperidine rings is 1. The quantitative estimate of drug-likeness (QED) is 0.267. The summed E-state index contributed by atoms with van der Waals surface area (Å²) >= 11 is 0. The lowest BCUT2D eigenvalue weighted by atomic mass is 9.58. The van der Waals surface area contributed by atoms with Crippen molar-refractivity contribution in [3.63, 3.8) is 0 Å². The predicted octanol–water partition coefficient (Wildman–Crippen LogP) is 7.42. The largest absolute Gasteiger partial charge is 0.379 e. The van der Waals surface area contributed by atoms with Gasteiger partial charge in [0.1, 0.15) is 0 Å². The molecule has 52 heavy (non-hydrogen) atoms. The first-order valence-corrected chi connectivity index (χ1v) is 20.7. The van der Waals surface area contributed by atoms with E-state index >= 15 is 0 Å². The van der Waals surface area contributed by atoms with E-state index in [4.69, 9.17) is 4.74 Å². The SMILES string of the molecule is CCN(c1cc(-c2ccc(CN3CCOCC3)cc2)cc(C(=O)NCC2C(=O)NC(C)C3(CCCCCCC3)C2C)c1C)[C@H]1CC[C@H](N(C)C)CC1. The summed E-state index contributed by atoms with van der Waals surface area (Å²) in [4.78, 5) is 35.3. The van der Waals surface area contributed by atoms with Crippen molar-refractivity contribution in [3.05, 3.63) is 53.1 Å². The van der Waals surface area contributed by atoms with Crippen molar-refractivity contribution in [2.24, 2.45) is 17.3 Å².